The summed E-state index contributed by atoms with van der Waals surface area (Å²) in [6, 6.07) is 0.0943. The third kappa shape index (κ3) is 1.34. The molecule has 0 bridgehead atoms. The van der Waals surface area contributed by atoms with E-state index in [0.717, 1.165) is 26.1 Å². The molecule has 0 aromatic carbocycles. The van der Waals surface area contributed by atoms with Crippen LogP contribution in [0.25, 0.3) is 0 Å². The molecule has 0 aromatic heterocycles. The van der Waals surface area contributed by atoms with Gasteiger partial charge in [0.1, 0.15) is 0 Å². The number of amides is 2. The minimum absolute atomic E-state index is 0. The molecule has 1 saturated heterocycles. The molecule has 1 N–H and O–H groups in total. The normalized spacial score (nSPS) is 18.3. The van der Waals surface area contributed by atoms with E-state index in [2.05, 4.69) is 12.2 Å². The van der Waals surface area contributed by atoms with Gasteiger partial charge in [-0.05, 0) is 6.42 Å². The van der Waals surface area contributed by atoms with Crippen LogP contribution in [0.4, 0.5) is 4.79 Å². The fourth-order valence-corrected chi connectivity index (χ4v) is 0.994. The molecule has 9 heavy (non-hydrogen) atoms. The van der Waals surface area contributed by atoms with Crippen LogP contribution in [0.3, 0.4) is 0 Å². The van der Waals surface area contributed by atoms with E-state index in [0.29, 0.717) is 0 Å². The molecule has 1 aliphatic heterocycles. The van der Waals surface area contributed by atoms with Gasteiger partial charge in [0.25, 0.3) is 0 Å². The van der Waals surface area contributed by atoms with E-state index in [1.54, 1.807) is 0 Å². The van der Waals surface area contributed by atoms with Gasteiger partial charge in [0.2, 0.25) is 0 Å². The summed E-state index contributed by atoms with van der Waals surface area (Å²) in [4.78, 5) is 12.6. The number of carbonyl (C=O) groups is 1. The van der Waals surface area contributed by atoms with Gasteiger partial charge >= 0.3 is 6.03 Å². The maximum atomic E-state index is 10.8. The van der Waals surface area contributed by atoms with Gasteiger partial charge < -0.3 is 10.2 Å². The Kier molecular flexibility index (Phi) is 1.92. The zero-order valence-electron chi connectivity index (χ0n) is 5.68. The second-order valence-electron chi connectivity index (χ2n) is 2.22. The predicted molar refractivity (Wildman–Crippen MR) is 37.4 cm³/mol. The van der Waals surface area contributed by atoms with Crippen molar-refractivity contribution in [3.8, 4) is 0 Å². The van der Waals surface area contributed by atoms with Gasteiger partial charge in [-0.2, -0.15) is 0 Å². The molecule has 1 heterocycles. The van der Waals surface area contributed by atoms with Gasteiger partial charge in [0.05, 0.1) is 0 Å². The summed E-state index contributed by atoms with van der Waals surface area (Å²) in [6.07, 6.45) is 1.05. The van der Waals surface area contributed by atoms with Crippen molar-refractivity contribution in [3.63, 3.8) is 0 Å². The number of nitrogens with zero attached hydrogens (tertiary/aromatic N) is 1. The van der Waals surface area contributed by atoms with Crippen LogP contribution in [0, 0.1) is 0 Å². The molecule has 0 radical (unpaired) electrons. The average Bonchev–Trinajstić information content (AvgIpc) is 2.18. The molecule has 1 rings (SSSR count). The van der Waals surface area contributed by atoms with Gasteiger partial charge in [-0.1, -0.05) is 6.92 Å². The fourth-order valence-electron chi connectivity index (χ4n) is 0.994. The molecule has 0 aliphatic carbocycles. The van der Waals surface area contributed by atoms with Gasteiger partial charge in [0, 0.05) is 21.1 Å². The van der Waals surface area contributed by atoms with Gasteiger partial charge in [0.15, 0.2) is 0 Å². The van der Waals surface area contributed by atoms with Crippen LogP contribution in [0.15, 0.2) is 0 Å². The summed E-state index contributed by atoms with van der Waals surface area (Å²) in [5, 5.41) is 2.74. The number of hydrogen-bond acceptors (Lipinski definition) is 1. The topological polar surface area (TPSA) is 32.3 Å². The summed E-state index contributed by atoms with van der Waals surface area (Å²) >= 11 is 0. The number of rotatable bonds is 2. The largest absolute Gasteiger partial charge is 0.336 e. The SMILES string of the molecule is CCCN1CCNC1=O.[HH]. The Labute approximate surface area is 56.5 Å². The first-order valence-corrected chi connectivity index (χ1v) is 3.37. The van der Waals surface area contributed by atoms with Crippen molar-refractivity contribution in [1.82, 2.24) is 10.2 Å². The highest BCUT2D eigenvalue weighted by Crippen LogP contribution is 1.96. The van der Waals surface area contributed by atoms with Crippen LogP contribution in [0.2, 0.25) is 0 Å². The summed E-state index contributed by atoms with van der Waals surface area (Å²) < 4.78 is 0. The van der Waals surface area contributed by atoms with E-state index < -0.39 is 0 Å². The Hall–Kier alpha value is -0.730. The third-order valence-electron chi connectivity index (χ3n) is 1.44. The first-order valence-electron chi connectivity index (χ1n) is 3.37. The molecule has 0 aromatic rings. The Morgan fingerprint density at radius 3 is 3.11 bits per heavy atom. The summed E-state index contributed by atoms with van der Waals surface area (Å²) in [7, 11) is 0. The molecule has 0 spiro atoms. The quantitative estimate of drug-likeness (QED) is 0.585. The van der Waals surface area contributed by atoms with Crippen molar-refractivity contribution in [2.45, 2.75) is 13.3 Å². The van der Waals surface area contributed by atoms with Crippen molar-refractivity contribution in [2.75, 3.05) is 19.6 Å². The lowest BCUT2D eigenvalue weighted by molar-refractivity contribution is 0.217. The molecule has 1 fully saturated rings. The van der Waals surface area contributed by atoms with Crippen molar-refractivity contribution < 1.29 is 6.22 Å². The second-order valence-corrected chi connectivity index (χ2v) is 2.22. The highest BCUT2D eigenvalue weighted by atomic mass is 16.2. The summed E-state index contributed by atoms with van der Waals surface area (Å²) in [5.41, 5.74) is 0. The van der Waals surface area contributed by atoms with Crippen molar-refractivity contribution in [2.24, 2.45) is 0 Å². The fraction of sp³-hybridized carbons (Fsp3) is 0.833. The van der Waals surface area contributed by atoms with Crippen molar-refractivity contribution in [3.05, 3.63) is 0 Å². The molecule has 3 nitrogen and oxygen atoms in total. The molecular formula is C6H14N2O. The van der Waals surface area contributed by atoms with E-state index in [1.807, 2.05) is 4.90 Å². The van der Waals surface area contributed by atoms with E-state index in [9.17, 15) is 4.79 Å². The standard InChI is InChI=1S/C6H12N2O.H2/c1-2-4-8-5-3-7-6(8)9;/h2-5H2,1H3,(H,7,9);1H. The van der Waals surface area contributed by atoms with Gasteiger partial charge in [-0.3, -0.25) is 0 Å². The van der Waals surface area contributed by atoms with Crippen molar-refractivity contribution >= 4 is 6.03 Å². The maximum Gasteiger partial charge on any atom is 0.317 e. The lowest BCUT2D eigenvalue weighted by Gasteiger charge is -2.10. The molecule has 1 aliphatic rings. The Morgan fingerprint density at radius 2 is 2.67 bits per heavy atom. The van der Waals surface area contributed by atoms with Crippen LogP contribution in [-0.4, -0.2) is 30.6 Å². The Morgan fingerprint density at radius 1 is 1.89 bits per heavy atom. The number of carbonyl (C=O) groups excluding carboxylic acids is 1. The zero-order valence-corrected chi connectivity index (χ0v) is 5.68. The van der Waals surface area contributed by atoms with Gasteiger partial charge in [-0.15, -0.1) is 0 Å². The summed E-state index contributed by atoms with van der Waals surface area (Å²) in [5.74, 6) is 0. The maximum absolute atomic E-state index is 10.8. The smallest absolute Gasteiger partial charge is 0.317 e. The summed E-state index contributed by atoms with van der Waals surface area (Å²) in [6.45, 7) is 4.67. The van der Waals surface area contributed by atoms with E-state index in [1.165, 1.54) is 0 Å². The molecule has 3 heteroatoms. The molecule has 0 saturated carbocycles. The van der Waals surface area contributed by atoms with E-state index in [-0.39, 0.29) is 7.46 Å². The van der Waals surface area contributed by atoms with Crippen LogP contribution in [-0.2, 0) is 0 Å². The third-order valence-corrected chi connectivity index (χ3v) is 1.44. The molecule has 0 atom stereocenters. The minimum Gasteiger partial charge on any atom is -0.336 e. The number of nitrogens with one attached hydrogen (secondary N) is 1. The van der Waals surface area contributed by atoms with Crippen molar-refractivity contribution in [1.29, 1.82) is 0 Å². The van der Waals surface area contributed by atoms with Gasteiger partial charge in [-0.25, -0.2) is 4.79 Å². The second kappa shape index (κ2) is 2.71. The highest BCUT2D eigenvalue weighted by molar-refractivity contribution is 5.76. The number of urea groups is 1. The van der Waals surface area contributed by atoms with E-state index >= 15 is 0 Å². The molecule has 54 valence electrons. The van der Waals surface area contributed by atoms with Crippen LogP contribution >= 0.6 is 0 Å². The Bertz CT molecular complexity index is 118. The monoisotopic (exact) mass is 130 g/mol. The minimum atomic E-state index is 0. The molecular weight excluding hydrogens is 116 g/mol. The lowest BCUT2D eigenvalue weighted by atomic mass is 10.4. The highest BCUT2D eigenvalue weighted by Gasteiger charge is 2.16. The first-order chi connectivity index (χ1) is 4.34. The van der Waals surface area contributed by atoms with Crippen LogP contribution in [0.1, 0.15) is 14.8 Å². The lowest BCUT2D eigenvalue weighted by Crippen LogP contribution is -2.28. The molecule has 0 unspecified atom stereocenters. The zero-order chi connectivity index (χ0) is 6.69. The predicted octanol–water partition coefficient (Wildman–Crippen LogP) is 0.668. The van der Waals surface area contributed by atoms with E-state index in [4.69, 9.17) is 0 Å². The molecule has 2 amide bonds. The average molecular weight is 130 g/mol. The van der Waals surface area contributed by atoms with Crippen LogP contribution in [0.5, 0.6) is 0 Å². The first kappa shape index (κ1) is 6.39. The van der Waals surface area contributed by atoms with Crippen LogP contribution < -0.4 is 5.32 Å². The number of hydrogen-bond donors (Lipinski definition) is 1. The Balaban J connectivity index is 0.000000810.